The monoisotopic (exact) mass is 512 g/mol. The van der Waals surface area contributed by atoms with Crippen LogP contribution in [0.15, 0.2) is 30.5 Å². The van der Waals surface area contributed by atoms with Gasteiger partial charge in [-0.05, 0) is 50.8 Å². The normalized spacial score (nSPS) is 13.6. The van der Waals surface area contributed by atoms with E-state index < -0.39 is 35.9 Å². The predicted molar refractivity (Wildman–Crippen MR) is 130 cm³/mol. The number of amides is 1. The first-order valence-electron chi connectivity index (χ1n) is 11.0. The molecule has 186 valence electrons. The van der Waals surface area contributed by atoms with Gasteiger partial charge in [0.05, 0.1) is 12.1 Å². The van der Waals surface area contributed by atoms with Gasteiger partial charge in [0.15, 0.2) is 17.2 Å². The molecule has 0 saturated carbocycles. The van der Waals surface area contributed by atoms with Crippen LogP contribution in [0.5, 0.6) is 17.2 Å². The minimum absolute atomic E-state index is 0.0809. The molecule has 0 radical (unpaired) electrons. The fraction of sp³-hybridized carbons (Fsp3) is 0.458. The lowest BCUT2D eigenvalue weighted by molar-refractivity contribution is -0.156. The van der Waals surface area contributed by atoms with Crippen molar-refractivity contribution in [3.8, 4) is 17.2 Å². The standard InChI is InChI=1S/C24H30Cl2N2O6/c1-6-15(7-2)22(34-18-9-8-16(25)12-17(18)26)14(4)33-24(31)13(3)28-23(30)20-21(29)19(32-5)10-11-27-20/h8-15,22,29H,6-7H2,1-5H3,(H,28,30)/t13-,14-,22-/m0/s1. The molecule has 0 aliphatic heterocycles. The van der Waals surface area contributed by atoms with Crippen LogP contribution in [-0.4, -0.2) is 47.3 Å². The third kappa shape index (κ3) is 6.90. The second-order valence-corrected chi connectivity index (χ2v) is 8.63. The fourth-order valence-corrected chi connectivity index (χ4v) is 3.94. The summed E-state index contributed by atoms with van der Waals surface area (Å²) in [4.78, 5) is 29.1. The van der Waals surface area contributed by atoms with Gasteiger partial charge in [0, 0.05) is 17.3 Å². The van der Waals surface area contributed by atoms with Crippen molar-refractivity contribution in [1.29, 1.82) is 0 Å². The number of carbonyl (C=O) groups is 2. The van der Waals surface area contributed by atoms with Crippen LogP contribution >= 0.6 is 23.2 Å². The molecule has 0 bridgehead atoms. The molecule has 1 aromatic heterocycles. The van der Waals surface area contributed by atoms with Crippen molar-refractivity contribution in [3.63, 3.8) is 0 Å². The molecule has 1 amide bonds. The smallest absolute Gasteiger partial charge is 0.328 e. The summed E-state index contributed by atoms with van der Waals surface area (Å²) in [6, 6.07) is 5.33. The molecule has 1 heterocycles. The number of pyridine rings is 1. The fourth-order valence-electron chi connectivity index (χ4n) is 3.49. The van der Waals surface area contributed by atoms with Gasteiger partial charge in [0.2, 0.25) is 0 Å². The van der Waals surface area contributed by atoms with E-state index in [1.54, 1.807) is 25.1 Å². The molecule has 3 atom stereocenters. The Balaban J connectivity index is 2.12. The van der Waals surface area contributed by atoms with E-state index in [4.69, 9.17) is 37.4 Å². The van der Waals surface area contributed by atoms with E-state index in [0.29, 0.717) is 15.8 Å². The van der Waals surface area contributed by atoms with Crippen molar-refractivity contribution in [2.24, 2.45) is 5.92 Å². The zero-order valence-corrected chi connectivity index (χ0v) is 21.3. The number of hydrogen-bond donors (Lipinski definition) is 2. The van der Waals surface area contributed by atoms with Gasteiger partial charge in [-0.1, -0.05) is 37.0 Å². The second-order valence-electron chi connectivity index (χ2n) is 7.78. The molecule has 2 rings (SSSR count). The number of nitrogens with zero attached hydrogens (tertiary/aromatic N) is 1. The van der Waals surface area contributed by atoms with Crippen LogP contribution in [0.1, 0.15) is 51.0 Å². The van der Waals surface area contributed by atoms with E-state index in [1.807, 2.05) is 13.8 Å². The van der Waals surface area contributed by atoms with Gasteiger partial charge in [-0.15, -0.1) is 0 Å². The molecular formula is C24H30Cl2N2O6. The van der Waals surface area contributed by atoms with Gasteiger partial charge in [-0.3, -0.25) is 4.79 Å². The van der Waals surface area contributed by atoms with Gasteiger partial charge in [0.1, 0.15) is 24.0 Å². The largest absolute Gasteiger partial charge is 0.503 e. The van der Waals surface area contributed by atoms with Gasteiger partial charge in [-0.2, -0.15) is 0 Å². The Labute approximate surface area is 209 Å². The number of aromatic nitrogens is 1. The van der Waals surface area contributed by atoms with E-state index in [2.05, 4.69) is 10.3 Å². The highest BCUT2D eigenvalue weighted by molar-refractivity contribution is 6.35. The summed E-state index contributed by atoms with van der Waals surface area (Å²) in [7, 11) is 1.35. The first-order valence-corrected chi connectivity index (χ1v) is 11.7. The predicted octanol–water partition coefficient (Wildman–Crippen LogP) is 5.04. The first kappa shape index (κ1) is 27.5. The summed E-state index contributed by atoms with van der Waals surface area (Å²) >= 11 is 12.3. The minimum Gasteiger partial charge on any atom is -0.503 e. The van der Waals surface area contributed by atoms with E-state index in [9.17, 15) is 14.7 Å². The lowest BCUT2D eigenvalue weighted by atomic mass is 9.93. The Morgan fingerprint density at radius 2 is 1.79 bits per heavy atom. The van der Waals surface area contributed by atoms with E-state index in [-0.39, 0.29) is 17.4 Å². The summed E-state index contributed by atoms with van der Waals surface area (Å²) < 4.78 is 16.8. The third-order valence-corrected chi connectivity index (χ3v) is 5.99. The molecular weight excluding hydrogens is 483 g/mol. The van der Waals surface area contributed by atoms with Crippen molar-refractivity contribution in [3.05, 3.63) is 46.2 Å². The maximum atomic E-state index is 12.8. The lowest BCUT2D eigenvalue weighted by Gasteiger charge is -2.32. The average molecular weight is 513 g/mol. The topological polar surface area (TPSA) is 107 Å². The number of ether oxygens (including phenoxy) is 3. The van der Waals surface area contributed by atoms with Crippen LogP contribution in [0.3, 0.4) is 0 Å². The van der Waals surface area contributed by atoms with E-state index >= 15 is 0 Å². The maximum Gasteiger partial charge on any atom is 0.328 e. The number of aromatic hydroxyl groups is 1. The quantitative estimate of drug-likeness (QED) is 0.406. The zero-order chi connectivity index (χ0) is 25.4. The molecule has 0 spiro atoms. The highest BCUT2D eigenvalue weighted by Gasteiger charge is 2.32. The first-order chi connectivity index (χ1) is 16.1. The number of nitrogens with one attached hydrogen (secondary N) is 1. The number of halogens is 2. The summed E-state index contributed by atoms with van der Waals surface area (Å²) in [5.74, 6) is -1.21. The SMILES string of the molecule is CCC(CC)[C@@H](Oc1ccc(Cl)cc1Cl)[C@H](C)OC(=O)[C@H](C)NC(=O)c1nccc(OC)c1O. The van der Waals surface area contributed by atoms with Crippen LogP contribution in [0.2, 0.25) is 10.0 Å². The third-order valence-electron chi connectivity index (χ3n) is 5.46. The van der Waals surface area contributed by atoms with Gasteiger partial charge >= 0.3 is 5.97 Å². The molecule has 2 aromatic rings. The van der Waals surface area contributed by atoms with Crippen molar-refractivity contribution in [2.75, 3.05) is 7.11 Å². The number of benzene rings is 1. The molecule has 2 N–H and O–H groups in total. The molecule has 0 aliphatic carbocycles. The molecule has 0 fully saturated rings. The zero-order valence-electron chi connectivity index (χ0n) is 19.8. The van der Waals surface area contributed by atoms with E-state index in [1.165, 1.54) is 26.3 Å². The lowest BCUT2D eigenvalue weighted by Crippen LogP contribution is -2.45. The molecule has 0 saturated heterocycles. The second kappa shape index (κ2) is 12.7. The number of methoxy groups -OCH3 is 1. The maximum absolute atomic E-state index is 12.8. The summed E-state index contributed by atoms with van der Waals surface area (Å²) in [5, 5.41) is 13.4. The van der Waals surface area contributed by atoms with Gasteiger partial charge in [0.25, 0.3) is 5.91 Å². The van der Waals surface area contributed by atoms with Crippen LogP contribution in [-0.2, 0) is 9.53 Å². The number of rotatable bonds is 11. The molecule has 1 aromatic carbocycles. The average Bonchev–Trinajstić information content (AvgIpc) is 2.80. The summed E-state index contributed by atoms with van der Waals surface area (Å²) in [6.45, 7) is 7.26. The van der Waals surface area contributed by atoms with E-state index in [0.717, 1.165) is 12.8 Å². The van der Waals surface area contributed by atoms with Crippen molar-refractivity contribution < 1.29 is 28.9 Å². The minimum atomic E-state index is -1.01. The van der Waals surface area contributed by atoms with Crippen molar-refractivity contribution in [1.82, 2.24) is 10.3 Å². The van der Waals surface area contributed by atoms with Crippen LogP contribution < -0.4 is 14.8 Å². The number of hydrogen-bond acceptors (Lipinski definition) is 7. The van der Waals surface area contributed by atoms with Crippen LogP contribution in [0.4, 0.5) is 0 Å². The Bertz CT molecular complexity index is 999. The molecule has 0 unspecified atom stereocenters. The highest BCUT2D eigenvalue weighted by atomic mass is 35.5. The Morgan fingerprint density at radius 3 is 2.38 bits per heavy atom. The number of carbonyl (C=O) groups excluding carboxylic acids is 2. The molecule has 8 nitrogen and oxygen atoms in total. The summed E-state index contributed by atoms with van der Waals surface area (Å²) in [5.41, 5.74) is -0.261. The van der Waals surface area contributed by atoms with Crippen LogP contribution in [0, 0.1) is 5.92 Å². The number of esters is 1. The molecule has 10 heteroatoms. The molecule has 34 heavy (non-hydrogen) atoms. The van der Waals surface area contributed by atoms with Crippen molar-refractivity contribution >= 4 is 35.1 Å². The summed E-state index contributed by atoms with van der Waals surface area (Å²) in [6.07, 6.45) is 1.78. The Kier molecular flexibility index (Phi) is 10.3. The van der Waals surface area contributed by atoms with Crippen LogP contribution in [0.25, 0.3) is 0 Å². The van der Waals surface area contributed by atoms with Gasteiger partial charge in [-0.25, -0.2) is 9.78 Å². The van der Waals surface area contributed by atoms with Crippen molar-refractivity contribution in [2.45, 2.75) is 58.8 Å². The van der Waals surface area contributed by atoms with Gasteiger partial charge < -0.3 is 24.6 Å². The highest BCUT2D eigenvalue weighted by Crippen LogP contribution is 2.32. The Morgan fingerprint density at radius 1 is 1.12 bits per heavy atom. The molecule has 0 aliphatic rings. The Hall–Kier alpha value is -2.71.